The molecule has 0 unspecified atom stereocenters. The molecule has 6 nitrogen and oxygen atoms in total. The van der Waals surface area contributed by atoms with Crippen molar-refractivity contribution < 1.29 is 4.79 Å². The van der Waals surface area contributed by atoms with Gasteiger partial charge in [-0.05, 0) is 18.6 Å². The zero-order valence-corrected chi connectivity index (χ0v) is 15.8. The van der Waals surface area contributed by atoms with Gasteiger partial charge in [-0.1, -0.05) is 44.2 Å². The number of anilines is 1. The van der Waals surface area contributed by atoms with Crippen molar-refractivity contribution in [2.75, 3.05) is 5.32 Å². The minimum atomic E-state index is -0.0984. The van der Waals surface area contributed by atoms with Gasteiger partial charge in [0.2, 0.25) is 5.91 Å². The van der Waals surface area contributed by atoms with Gasteiger partial charge >= 0.3 is 0 Å². The highest BCUT2D eigenvalue weighted by molar-refractivity contribution is 5.94. The molecule has 3 heterocycles. The van der Waals surface area contributed by atoms with Crippen LogP contribution in [0.25, 0.3) is 0 Å². The molecule has 0 saturated carbocycles. The maximum atomic E-state index is 12.3. The predicted molar refractivity (Wildman–Crippen MR) is 104 cm³/mol. The molecule has 2 aromatic heterocycles. The number of nitrogens with zero attached hydrogens (tertiary/aromatic N) is 4. The maximum Gasteiger partial charge on any atom is 0.226 e. The van der Waals surface area contributed by atoms with Crippen molar-refractivity contribution >= 4 is 11.7 Å². The quantitative estimate of drug-likeness (QED) is 0.770. The number of carbonyl (C=O) groups is 1. The highest BCUT2D eigenvalue weighted by atomic mass is 16.1. The Kier molecular flexibility index (Phi) is 4.48. The van der Waals surface area contributed by atoms with Crippen molar-refractivity contribution in [3.63, 3.8) is 0 Å². The number of fused-ring (bicyclic) bond motifs is 1. The van der Waals surface area contributed by atoms with Gasteiger partial charge in [0.25, 0.3) is 0 Å². The van der Waals surface area contributed by atoms with Crippen molar-refractivity contribution in [1.29, 1.82) is 0 Å². The Morgan fingerprint density at radius 1 is 1.22 bits per heavy atom. The highest BCUT2D eigenvalue weighted by Crippen LogP contribution is 2.38. The summed E-state index contributed by atoms with van der Waals surface area (Å²) in [7, 11) is 0. The number of rotatable bonds is 4. The van der Waals surface area contributed by atoms with E-state index in [1.807, 2.05) is 28.9 Å². The number of hydrogen-bond acceptors (Lipinski definition) is 4. The molecular formula is C21H23N5O. The van der Waals surface area contributed by atoms with Crippen LogP contribution in [0.4, 0.5) is 5.82 Å². The monoisotopic (exact) mass is 361 g/mol. The van der Waals surface area contributed by atoms with Crippen LogP contribution in [0.3, 0.4) is 0 Å². The fraction of sp³-hybridized carbons (Fsp3) is 0.333. The lowest BCUT2D eigenvalue weighted by Gasteiger charge is -2.22. The molecule has 1 aliphatic rings. The number of hydrogen-bond donors (Lipinski definition) is 1. The normalized spacial score (nSPS) is 16.3. The molecule has 138 valence electrons. The first-order valence-corrected chi connectivity index (χ1v) is 9.27. The van der Waals surface area contributed by atoms with Gasteiger partial charge in [0.1, 0.15) is 5.82 Å². The smallest absolute Gasteiger partial charge is 0.226 e. The Morgan fingerprint density at radius 2 is 2.00 bits per heavy atom. The molecule has 1 aromatic carbocycles. The standard InChI is InChI=1S/C21H23N5O/c1-13(2)20-22-10-9-17(23-20)16-11-18(27)24-21-19(16)14(3)26(25-21)12-15-7-5-4-6-8-15/h4-10,13,16H,11-12H2,1-3H3,(H,24,25,27)/t16-/m0/s1. The molecule has 0 bridgehead atoms. The molecule has 3 aromatic rings. The van der Waals surface area contributed by atoms with E-state index in [1.165, 1.54) is 5.56 Å². The highest BCUT2D eigenvalue weighted by Gasteiger charge is 2.33. The molecular weight excluding hydrogens is 338 g/mol. The average Bonchev–Trinajstić information content (AvgIpc) is 2.97. The fourth-order valence-corrected chi connectivity index (χ4v) is 3.56. The molecule has 0 spiro atoms. The van der Waals surface area contributed by atoms with Crippen LogP contribution in [-0.2, 0) is 11.3 Å². The Morgan fingerprint density at radius 3 is 2.74 bits per heavy atom. The first kappa shape index (κ1) is 17.4. The predicted octanol–water partition coefficient (Wildman–Crippen LogP) is 3.63. The lowest BCUT2D eigenvalue weighted by atomic mass is 9.89. The molecule has 0 saturated heterocycles. The van der Waals surface area contributed by atoms with E-state index < -0.39 is 0 Å². The SMILES string of the molecule is Cc1c2c(nn1Cc1ccccc1)NC(=O)C[C@H]2c1ccnc(C(C)C)n1. The van der Waals surface area contributed by atoms with E-state index in [2.05, 4.69) is 48.3 Å². The Labute approximate surface area is 158 Å². The molecule has 4 rings (SSSR count). The summed E-state index contributed by atoms with van der Waals surface area (Å²) >= 11 is 0. The number of nitrogens with one attached hydrogen (secondary N) is 1. The summed E-state index contributed by atoms with van der Waals surface area (Å²) in [6.45, 7) is 6.87. The third kappa shape index (κ3) is 3.35. The van der Waals surface area contributed by atoms with Crippen molar-refractivity contribution in [2.24, 2.45) is 0 Å². The largest absolute Gasteiger partial charge is 0.309 e. The number of aromatic nitrogens is 4. The molecule has 0 radical (unpaired) electrons. The summed E-state index contributed by atoms with van der Waals surface area (Å²) in [5, 5.41) is 7.60. The van der Waals surface area contributed by atoms with Gasteiger partial charge in [-0.2, -0.15) is 5.10 Å². The van der Waals surface area contributed by atoms with Gasteiger partial charge in [-0.25, -0.2) is 9.97 Å². The van der Waals surface area contributed by atoms with Crippen LogP contribution >= 0.6 is 0 Å². The van der Waals surface area contributed by atoms with Crippen molar-refractivity contribution in [3.8, 4) is 0 Å². The lowest BCUT2D eigenvalue weighted by Crippen LogP contribution is -2.24. The van der Waals surface area contributed by atoms with Crippen molar-refractivity contribution in [3.05, 3.63) is 70.9 Å². The second-order valence-corrected chi connectivity index (χ2v) is 7.29. The van der Waals surface area contributed by atoms with Gasteiger partial charge in [-0.15, -0.1) is 0 Å². The van der Waals surface area contributed by atoms with Gasteiger partial charge in [0, 0.05) is 35.7 Å². The van der Waals surface area contributed by atoms with Crippen LogP contribution in [0.1, 0.15) is 60.4 Å². The molecule has 1 atom stereocenters. The van der Waals surface area contributed by atoms with E-state index >= 15 is 0 Å². The summed E-state index contributed by atoms with van der Waals surface area (Å²) in [5.74, 6) is 1.56. The van der Waals surface area contributed by atoms with Gasteiger partial charge in [0.15, 0.2) is 5.82 Å². The molecule has 6 heteroatoms. The molecule has 1 N–H and O–H groups in total. The lowest BCUT2D eigenvalue weighted by molar-refractivity contribution is -0.116. The van der Waals surface area contributed by atoms with E-state index in [0.717, 1.165) is 22.8 Å². The summed E-state index contributed by atoms with van der Waals surface area (Å²) in [5.41, 5.74) is 4.17. The summed E-state index contributed by atoms with van der Waals surface area (Å²) in [4.78, 5) is 21.4. The van der Waals surface area contributed by atoms with E-state index in [1.54, 1.807) is 6.20 Å². The number of benzene rings is 1. The van der Waals surface area contributed by atoms with Crippen LogP contribution in [0.2, 0.25) is 0 Å². The number of carbonyl (C=O) groups excluding carboxylic acids is 1. The van der Waals surface area contributed by atoms with Gasteiger partial charge in [-0.3, -0.25) is 9.48 Å². The average molecular weight is 361 g/mol. The molecule has 1 aliphatic heterocycles. The summed E-state index contributed by atoms with van der Waals surface area (Å²) in [6.07, 6.45) is 2.16. The Bertz CT molecular complexity index is 977. The molecule has 1 amide bonds. The van der Waals surface area contributed by atoms with Crippen LogP contribution in [-0.4, -0.2) is 25.7 Å². The van der Waals surface area contributed by atoms with E-state index in [9.17, 15) is 4.79 Å². The van der Waals surface area contributed by atoms with E-state index in [-0.39, 0.29) is 17.7 Å². The van der Waals surface area contributed by atoms with Crippen LogP contribution < -0.4 is 5.32 Å². The van der Waals surface area contributed by atoms with E-state index in [0.29, 0.717) is 18.8 Å². The minimum Gasteiger partial charge on any atom is -0.309 e. The maximum absolute atomic E-state index is 12.3. The minimum absolute atomic E-state index is 0.0263. The third-order valence-corrected chi connectivity index (χ3v) is 4.99. The Hall–Kier alpha value is -3.02. The van der Waals surface area contributed by atoms with Crippen LogP contribution in [0.5, 0.6) is 0 Å². The fourth-order valence-electron chi connectivity index (χ4n) is 3.56. The second-order valence-electron chi connectivity index (χ2n) is 7.29. The van der Waals surface area contributed by atoms with Crippen molar-refractivity contribution in [2.45, 2.75) is 45.6 Å². The van der Waals surface area contributed by atoms with Crippen molar-refractivity contribution in [1.82, 2.24) is 19.7 Å². The second kappa shape index (κ2) is 6.95. The third-order valence-electron chi connectivity index (χ3n) is 4.99. The topological polar surface area (TPSA) is 72.7 Å². The summed E-state index contributed by atoms with van der Waals surface area (Å²) in [6, 6.07) is 12.1. The summed E-state index contributed by atoms with van der Waals surface area (Å²) < 4.78 is 1.96. The first-order chi connectivity index (χ1) is 13.0. The molecule has 27 heavy (non-hydrogen) atoms. The van der Waals surface area contributed by atoms with Gasteiger partial charge in [0.05, 0.1) is 12.2 Å². The van der Waals surface area contributed by atoms with Crippen LogP contribution in [0.15, 0.2) is 42.6 Å². The zero-order chi connectivity index (χ0) is 19.0. The molecule has 0 aliphatic carbocycles. The zero-order valence-electron chi connectivity index (χ0n) is 15.8. The van der Waals surface area contributed by atoms with Gasteiger partial charge < -0.3 is 5.32 Å². The number of amides is 1. The van der Waals surface area contributed by atoms with Crippen LogP contribution in [0, 0.1) is 6.92 Å². The Balaban J connectivity index is 1.75. The van der Waals surface area contributed by atoms with E-state index in [4.69, 9.17) is 4.98 Å². The molecule has 0 fully saturated rings. The first-order valence-electron chi connectivity index (χ1n) is 9.27.